The molecule has 1 saturated heterocycles. The second-order valence-corrected chi connectivity index (χ2v) is 6.69. The van der Waals surface area contributed by atoms with Crippen LogP contribution in [0.3, 0.4) is 0 Å². The standard InChI is InChI=1S/C22H21NO4/c24-21(22(11-13-25-14-12-22)18-9-5-2-6-10-18)26-16-19-15-20(27-23-19)17-7-3-1-4-8-17/h1-10,15H,11-14,16H2. The highest BCUT2D eigenvalue weighted by Gasteiger charge is 2.43. The van der Waals surface area contributed by atoms with Gasteiger partial charge in [0, 0.05) is 24.8 Å². The van der Waals surface area contributed by atoms with Crippen molar-refractivity contribution in [3.63, 3.8) is 0 Å². The van der Waals surface area contributed by atoms with Crippen LogP contribution in [0.2, 0.25) is 0 Å². The van der Waals surface area contributed by atoms with Crippen LogP contribution in [0.15, 0.2) is 71.3 Å². The Hall–Kier alpha value is -2.92. The molecule has 27 heavy (non-hydrogen) atoms. The number of benzene rings is 2. The largest absolute Gasteiger partial charge is 0.458 e. The number of carbonyl (C=O) groups is 1. The van der Waals surface area contributed by atoms with E-state index < -0.39 is 5.41 Å². The summed E-state index contributed by atoms with van der Waals surface area (Å²) >= 11 is 0. The second-order valence-electron chi connectivity index (χ2n) is 6.69. The van der Waals surface area contributed by atoms with Crippen molar-refractivity contribution in [2.75, 3.05) is 13.2 Å². The highest BCUT2D eigenvalue weighted by Crippen LogP contribution is 2.36. The topological polar surface area (TPSA) is 61.6 Å². The SMILES string of the molecule is O=C(OCc1cc(-c2ccccc2)on1)C1(c2ccccc2)CCOCC1. The van der Waals surface area contributed by atoms with Crippen molar-refractivity contribution >= 4 is 5.97 Å². The van der Waals surface area contributed by atoms with Gasteiger partial charge >= 0.3 is 5.97 Å². The summed E-state index contributed by atoms with van der Waals surface area (Å²) in [7, 11) is 0. The van der Waals surface area contributed by atoms with Crippen LogP contribution in [0.25, 0.3) is 11.3 Å². The van der Waals surface area contributed by atoms with Crippen molar-refractivity contribution in [2.24, 2.45) is 0 Å². The van der Waals surface area contributed by atoms with E-state index >= 15 is 0 Å². The smallest absolute Gasteiger partial charge is 0.317 e. The van der Waals surface area contributed by atoms with Gasteiger partial charge in [-0.3, -0.25) is 4.79 Å². The Kier molecular flexibility index (Phi) is 5.03. The van der Waals surface area contributed by atoms with E-state index in [1.165, 1.54) is 0 Å². The molecule has 0 unspecified atom stereocenters. The number of nitrogens with zero attached hydrogens (tertiary/aromatic N) is 1. The summed E-state index contributed by atoms with van der Waals surface area (Å²) in [6, 6.07) is 21.3. The second kappa shape index (κ2) is 7.76. The summed E-state index contributed by atoms with van der Waals surface area (Å²) < 4.78 is 16.5. The first-order valence-electron chi connectivity index (χ1n) is 9.09. The molecule has 2 aromatic carbocycles. The highest BCUT2D eigenvalue weighted by molar-refractivity contribution is 5.83. The van der Waals surface area contributed by atoms with Crippen molar-refractivity contribution < 1.29 is 18.8 Å². The molecule has 5 heteroatoms. The molecule has 0 atom stereocenters. The Morgan fingerprint density at radius 3 is 2.37 bits per heavy atom. The number of carbonyl (C=O) groups excluding carboxylic acids is 1. The van der Waals surface area contributed by atoms with Gasteiger partial charge in [-0.1, -0.05) is 65.8 Å². The van der Waals surface area contributed by atoms with Crippen LogP contribution in [-0.4, -0.2) is 24.3 Å². The molecule has 0 spiro atoms. The molecule has 0 saturated carbocycles. The van der Waals surface area contributed by atoms with Crippen LogP contribution in [0.1, 0.15) is 24.1 Å². The fourth-order valence-electron chi connectivity index (χ4n) is 3.48. The molecular weight excluding hydrogens is 342 g/mol. The van der Waals surface area contributed by atoms with Crippen molar-refractivity contribution in [1.82, 2.24) is 5.16 Å². The number of hydrogen-bond donors (Lipinski definition) is 0. The fraction of sp³-hybridized carbons (Fsp3) is 0.273. The van der Waals surface area contributed by atoms with Gasteiger partial charge in [0.2, 0.25) is 0 Å². The first kappa shape index (κ1) is 17.5. The van der Waals surface area contributed by atoms with Gasteiger partial charge in [-0.15, -0.1) is 0 Å². The molecule has 3 aromatic rings. The molecule has 0 radical (unpaired) electrons. The van der Waals surface area contributed by atoms with E-state index in [0.717, 1.165) is 11.1 Å². The van der Waals surface area contributed by atoms with Gasteiger partial charge in [0.05, 0.1) is 5.41 Å². The number of rotatable bonds is 5. The molecule has 138 valence electrons. The molecule has 1 aliphatic heterocycles. The van der Waals surface area contributed by atoms with Gasteiger partial charge in [0.1, 0.15) is 12.3 Å². The van der Waals surface area contributed by atoms with Crippen molar-refractivity contribution in [2.45, 2.75) is 24.9 Å². The van der Waals surface area contributed by atoms with E-state index in [4.69, 9.17) is 14.0 Å². The predicted octanol–water partition coefficient (Wildman–Crippen LogP) is 4.13. The molecule has 1 aliphatic rings. The Balaban J connectivity index is 1.48. The monoisotopic (exact) mass is 363 g/mol. The normalized spacial score (nSPS) is 16.0. The van der Waals surface area contributed by atoms with E-state index in [9.17, 15) is 4.79 Å². The van der Waals surface area contributed by atoms with Crippen molar-refractivity contribution in [1.29, 1.82) is 0 Å². The fourth-order valence-corrected chi connectivity index (χ4v) is 3.48. The van der Waals surface area contributed by atoms with Gasteiger partial charge in [0.15, 0.2) is 5.76 Å². The van der Waals surface area contributed by atoms with Crippen LogP contribution in [0, 0.1) is 0 Å². The third-order valence-electron chi connectivity index (χ3n) is 5.03. The molecule has 2 heterocycles. The zero-order chi connectivity index (χ0) is 18.5. The summed E-state index contributed by atoms with van der Waals surface area (Å²) in [6.45, 7) is 1.18. The molecule has 5 nitrogen and oxygen atoms in total. The maximum atomic E-state index is 13.0. The zero-order valence-corrected chi connectivity index (χ0v) is 15.0. The molecule has 4 rings (SSSR count). The number of aromatic nitrogens is 1. The van der Waals surface area contributed by atoms with Gasteiger partial charge in [-0.05, 0) is 18.4 Å². The Morgan fingerprint density at radius 2 is 1.67 bits per heavy atom. The molecule has 0 bridgehead atoms. The van der Waals surface area contributed by atoms with Crippen LogP contribution < -0.4 is 0 Å². The van der Waals surface area contributed by atoms with E-state index in [-0.39, 0.29) is 12.6 Å². The summed E-state index contributed by atoms with van der Waals surface area (Å²) in [4.78, 5) is 13.0. The van der Waals surface area contributed by atoms with Crippen molar-refractivity contribution in [3.05, 3.63) is 78.0 Å². The van der Waals surface area contributed by atoms with E-state index in [1.54, 1.807) is 0 Å². The van der Waals surface area contributed by atoms with E-state index in [2.05, 4.69) is 5.16 Å². The molecular formula is C22H21NO4. The van der Waals surface area contributed by atoms with Crippen LogP contribution >= 0.6 is 0 Å². The van der Waals surface area contributed by atoms with Crippen LogP contribution in [0.4, 0.5) is 0 Å². The minimum atomic E-state index is -0.661. The summed E-state index contributed by atoms with van der Waals surface area (Å²) in [6.07, 6.45) is 1.23. The number of ether oxygens (including phenoxy) is 2. The van der Waals surface area contributed by atoms with E-state index in [1.807, 2.05) is 66.7 Å². The van der Waals surface area contributed by atoms with E-state index in [0.29, 0.717) is 37.5 Å². The first-order chi connectivity index (χ1) is 13.3. The summed E-state index contributed by atoms with van der Waals surface area (Å²) in [5, 5.41) is 4.03. The maximum absolute atomic E-state index is 13.0. The lowest BCUT2D eigenvalue weighted by atomic mass is 9.74. The minimum Gasteiger partial charge on any atom is -0.458 e. The van der Waals surface area contributed by atoms with Crippen molar-refractivity contribution in [3.8, 4) is 11.3 Å². The number of hydrogen-bond acceptors (Lipinski definition) is 5. The molecule has 0 N–H and O–H groups in total. The Morgan fingerprint density at radius 1 is 1.00 bits per heavy atom. The molecule has 1 aromatic heterocycles. The third kappa shape index (κ3) is 3.64. The lowest BCUT2D eigenvalue weighted by molar-refractivity contribution is -0.156. The lowest BCUT2D eigenvalue weighted by Crippen LogP contribution is -2.42. The molecule has 0 aliphatic carbocycles. The Bertz CT molecular complexity index is 883. The third-order valence-corrected chi connectivity index (χ3v) is 5.03. The van der Waals surface area contributed by atoms with Crippen LogP contribution in [0.5, 0.6) is 0 Å². The number of esters is 1. The average Bonchev–Trinajstić information content (AvgIpc) is 3.23. The highest BCUT2D eigenvalue weighted by atomic mass is 16.5. The molecule has 1 fully saturated rings. The Labute approximate surface area is 157 Å². The van der Waals surface area contributed by atoms with Gasteiger partial charge in [0.25, 0.3) is 0 Å². The summed E-state index contributed by atoms with van der Waals surface area (Å²) in [5.74, 6) is 0.423. The first-order valence-corrected chi connectivity index (χ1v) is 9.09. The minimum absolute atomic E-state index is 0.0879. The predicted molar refractivity (Wildman–Crippen MR) is 99.9 cm³/mol. The van der Waals surface area contributed by atoms with Gasteiger partial charge in [-0.2, -0.15) is 0 Å². The summed E-state index contributed by atoms with van der Waals surface area (Å²) in [5.41, 5.74) is 1.85. The van der Waals surface area contributed by atoms with Gasteiger partial charge in [-0.25, -0.2) is 0 Å². The quantitative estimate of drug-likeness (QED) is 0.638. The average molecular weight is 363 g/mol. The maximum Gasteiger partial charge on any atom is 0.317 e. The molecule has 0 amide bonds. The van der Waals surface area contributed by atoms with Gasteiger partial charge < -0.3 is 14.0 Å². The van der Waals surface area contributed by atoms with Crippen LogP contribution in [-0.2, 0) is 26.3 Å². The zero-order valence-electron chi connectivity index (χ0n) is 15.0. The lowest BCUT2D eigenvalue weighted by Gasteiger charge is -2.35.